The maximum absolute atomic E-state index is 10.6. The lowest BCUT2D eigenvalue weighted by Gasteiger charge is -2.21. The van der Waals surface area contributed by atoms with Gasteiger partial charge in [-0.25, -0.2) is 4.98 Å². The summed E-state index contributed by atoms with van der Waals surface area (Å²) in [4.78, 5) is 18.5. The molecule has 0 aliphatic carbocycles. The van der Waals surface area contributed by atoms with Crippen molar-refractivity contribution >= 4 is 23.4 Å². The van der Waals surface area contributed by atoms with E-state index in [1.165, 1.54) is 24.2 Å². The largest absolute Gasteiger partial charge is 0.481 e. The quantitative estimate of drug-likeness (QED) is 0.0841. The van der Waals surface area contributed by atoms with E-state index in [2.05, 4.69) is 36.0 Å². The van der Waals surface area contributed by atoms with E-state index >= 15 is 0 Å². The van der Waals surface area contributed by atoms with Crippen LogP contribution in [-0.2, 0) is 4.79 Å². The van der Waals surface area contributed by atoms with Crippen molar-refractivity contribution in [2.24, 2.45) is 0 Å². The first-order chi connectivity index (χ1) is 17.1. The number of aromatic nitrogens is 1. The summed E-state index contributed by atoms with van der Waals surface area (Å²) in [7, 11) is 0. The fourth-order valence-electron chi connectivity index (χ4n) is 3.15. The van der Waals surface area contributed by atoms with Crippen molar-refractivity contribution in [3.63, 3.8) is 0 Å². The topological polar surface area (TPSA) is 62.7 Å². The second-order valence-electron chi connectivity index (χ2n) is 7.81. The minimum Gasteiger partial charge on any atom is -0.481 e. The van der Waals surface area contributed by atoms with Crippen molar-refractivity contribution in [1.82, 2.24) is 9.88 Å². The van der Waals surface area contributed by atoms with Crippen LogP contribution in [-0.4, -0.2) is 40.6 Å². The molecule has 1 aromatic heterocycles. The Labute approximate surface area is 217 Å². The third-order valence-corrected chi connectivity index (χ3v) is 5.74. The summed E-state index contributed by atoms with van der Waals surface area (Å²) in [6, 6.07) is 0. The molecule has 1 N–H and O–H groups in total. The predicted molar refractivity (Wildman–Crippen MR) is 152 cm³/mol. The number of rotatable bonds is 20. The van der Waals surface area contributed by atoms with Crippen LogP contribution in [0, 0.1) is 0 Å². The van der Waals surface area contributed by atoms with Crippen molar-refractivity contribution in [2.75, 3.05) is 19.6 Å². The first-order valence-corrected chi connectivity index (χ1v) is 13.7. The van der Waals surface area contributed by atoms with Gasteiger partial charge < -0.3 is 14.7 Å². The zero-order valence-corrected chi connectivity index (χ0v) is 22.9. The average molecular weight is 503 g/mol. The Morgan fingerprint density at radius 2 is 1.86 bits per heavy atom. The molecule has 5 nitrogen and oxygen atoms in total. The van der Waals surface area contributed by atoms with E-state index in [9.17, 15) is 4.79 Å². The maximum Gasteiger partial charge on any atom is 0.303 e. The molecule has 6 heteroatoms. The molecule has 0 spiro atoms. The molecule has 1 heterocycles. The molecule has 0 saturated heterocycles. The molecule has 0 unspecified atom stereocenters. The zero-order chi connectivity index (χ0) is 26.2. The smallest absolute Gasteiger partial charge is 0.303 e. The Balaban J connectivity index is 0.00000562. The van der Waals surface area contributed by atoms with Crippen molar-refractivity contribution in [1.29, 1.82) is 0 Å². The summed E-state index contributed by atoms with van der Waals surface area (Å²) in [6.45, 7) is 16.9. The van der Waals surface area contributed by atoms with Crippen molar-refractivity contribution in [2.45, 2.75) is 78.6 Å². The third-order valence-electron chi connectivity index (χ3n) is 4.89. The van der Waals surface area contributed by atoms with E-state index in [1.54, 1.807) is 12.3 Å². The second-order valence-corrected chi connectivity index (χ2v) is 8.83. The number of carboxylic acid groups (broad SMARTS) is 1. The van der Waals surface area contributed by atoms with Crippen LogP contribution in [0.25, 0.3) is 6.08 Å². The molecule has 35 heavy (non-hydrogen) atoms. The summed E-state index contributed by atoms with van der Waals surface area (Å²) in [5.41, 5.74) is 0. The standard InChI is InChI=1S/C27H40N2O3S.C2H6/c1-4-7-11-18-25-23-28-27(33-25)32-24(16-6-3)17-12-9-14-21-29(20-8-5-2)22-15-10-13-19-26(30)31;1-2/h4,6,11-12,16-18,23H,1,3,5,7-10,13-15,19-22H2,2H3,(H,30,31);1-2H3/b17-12-,18-11?,24-16+;. The van der Waals surface area contributed by atoms with Crippen molar-refractivity contribution in [3.05, 3.63) is 66.4 Å². The van der Waals surface area contributed by atoms with E-state index in [-0.39, 0.29) is 6.42 Å². The molecule has 0 aromatic carbocycles. The molecule has 0 aliphatic rings. The number of aliphatic carboxylic acids is 1. The number of hydrogen-bond acceptors (Lipinski definition) is 5. The third kappa shape index (κ3) is 18.5. The van der Waals surface area contributed by atoms with Crippen LogP contribution in [0.2, 0.25) is 0 Å². The first-order valence-electron chi connectivity index (χ1n) is 12.9. The predicted octanol–water partition coefficient (Wildman–Crippen LogP) is 8.29. The zero-order valence-electron chi connectivity index (χ0n) is 22.1. The Bertz CT molecular complexity index is 781. The van der Waals surface area contributed by atoms with Gasteiger partial charge >= 0.3 is 5.97 Å². The Hall–Kier alpha value is -2.44. The van der Waals surface area contributed by atoms with Gasteiger partial charge in [0.2, 0.25) is 0 Å². The molecular formula is C29H46N2O3S. The van der Waals surface area contributed by atoms with Gasteiger partial charge in [0.1, 0.15) is 5.76 Å². The number of ether oxygens (including phenoxy) is 1. The monoisotopic (exact) mass is 502 g/mol. The Morgan fingerprint density at radius 3 is 2.54 bits per heavy atom. The second kappa shape index (κ2) is 23.3. The number of allylic oxidation sites excluding steroid dienone is 6. The van der Waals surface area contributed by atoms with Gasteiger partial charge in [-0.2, -0.15) is 0 Å². The van der Waals surface area contributed by atoms with Crippen LogP contribution in [0.1, 0.15) is 83.4 Å². The van der Waals surface area contributed by atoms with E-state index < -0.39 is 5.97 Å². The van der Waals surface area contributed by atoms with Crippen LogP contribution >= 0.6 is 11.3 Å². The Morgan fingerprint density at radius 1 is 1.11 bits per heavy atom. The van der Waals surface area contributed by atoms with Gasteiger partial charge in [-0.15, -0.1) is 6.58 Å². The maximum atomic E-state index is 10.6. The number of carboxylic acids is 1. The van der Waals surface area contributed by atoms with Gasteiger partial charge in [-0.1, -0.05) is 75.8 Å². The van der Waals surface area contributed by atoms with Gasteiger partial charge in [-0.3, -0.25) is 4.79 Å². The summed E-state index contributed by atoms with van der Waals surface area (Å²) in [5, 5.41) is 9.37. The van der Waals surface area contributed by atoms with Crippen LogP contribution in [0.5, 0.6) is 5.19 Å². The van der Waals surface area contributed by atoms with E-state index in [4.69, 9.17) is 9.84 Å². The van der Waals surface area contributed by atoms with Crippen LogP contribution in [0.4, 0.5) is 0 Å². The van der Waals surface area contributed by atoms with Gasteiger partial charge in [0.15, 0.2) is 0 Å². The minimum absolute atomic E-state index is 0.275. The van der Waals surface area contributed by atoms with Crippen LogP contribution < -0.4 is 4.74 Å². The highest BCUT2D eigenvalue weighted by atomic mass is 32.1. The molecule has 0 radical (unpaired) electrons. The molecule has 0 amide bonds. The number of unbranched alkanes of at least 4 members (excludes halogenated alkanes) is 4. The Kier molecular flexibility index (Phi) is 21.7. The van der Waals surface area contributed by atoms with Gasteiger partial charge in [0.25, 0.3) is 5.19 Å². The van der Waals surface area contributed by atoms with Gasteiger partial charge in [0.05, 0.1) is 4.88 Å². The minimum atomic E-state index is -0.700. The molecule has 0 aliphatic heterocycles. The number of carbonyl (C=O) groups is 1. The van der Waals surface area contributed by atoms with Crippen molar-refractivity contribution < 1.29 is 14.6 Å². The SMILES string of the molecule is C=C/C=C(\C=C/CCCN(CCCC)CCCCCC(=O)O)Oc1ncc(C=CCC=C)s1.CC. The normalized spacial score (nSPS) is 11.6. The number of thiazole rings is 1. The molecule has 1 rings (SSSR count). The number of hydrogen-bond donors (Lipinski definition) is 1. The van der Waals surface area contributed by atoms with Crippen molar-refractivity contribution in [3.8, 4) is 5.19 Å². The molecule has 0 atom stereocenters. The van der Waals surface area contributed by atoms with E-state index in [0.717, 1.165) is 68.8 Å². The summed E-state index contributed by atoms with van der Waals surface area (Å²) in [5.74, 6) is 0.0244. The molecular weight excluding hydrogens is 456 g/mol. The summed E-state index contributed by atoms with van der Waals surface area (Å²) >= 11 is 1.50. The number of nitrogens with zero attached hydrogens (tertiary/aromatic N) is 2. The first kappa shape index (κ1) is 32.6. The molecule has 196 valence electrons. The lowest BCUT2D eigenvalue weighted by atomic mass is 10.1. The molecule has 0 saturated carbocycles. The molecule has 1 aromatic rings. The fourth-order valence-corrected chi connectivity index (χ4v) is 3.87. The molecule has 0 fully saturated rings. The highest BCUT2D eigenvalue weighted by Gasteiger charge is 2.05. The highest BCUT2D eigenvalue weighted by molar-refractivity contribution is 7.14. The average Bonchev–Trinajstić information content (AvgIpc) is 3.30. The van der Waals surface area contributed by atoms with E-state index in [1.807, 2.05) is 44.2 Å². The summed E-state index contributed by atoms with van der Waals surface area (Å²) < 4.78 is 5.92. The van der Waals surface area contributed by atoms with Crippen LogP contribution in [0.3, 0.4) is 0 Å². The van der Waals surface area contributed by atoms with Gasteiger partial charge in [0, 0.05) is 12.6 Å². The van der Waals surface area contributed by atoms with Crippen LogP contribution in [0.15, 0.2) is 61.6 Å². The molecule has 0 bridgehead atoms. The lowest BCUT2D eigenvalue weighted by Crippen LogP contribution is -2.27. The van der Waals surface area contributed by atoms with E-state index in [0.29, 0.717) is 5.19 Å². The fraction of sp³-hybridized carbons (Fsp3) is 0.517. The summed E-state index contributed by atoms with van der Waals surface area (Å²) in [6.07, 6.45) is 23.8. The van der Waals surface area contributed by atoms with Gasteiger partial charge in [-0.05, 0) is 76.4 Å². The highest BCUT2D eigenvalue weighted by Crippen LogP contribution is 2.24. The lowest BCUT2D eigenvalue weighted by molar-refractivity contribution is -0.137.